The zero-order valence-electron chi connectivity index (χ0n) is 15.0. The maximum absolute atomic E-state index is 12.3. The highest BCUT2D eigenvalue weighted by molar-refractivity contribution is 5.92. The standard InChI is InChI=1S/C20H26N4O/c1-3-23-9-11-24(12-10-23)18-7-8-19(21-15-18)20(25)22-14-17-6-4-5-16(2)13-17/h4-8,13,15H,3,9-12,14H2,1-2H3,(H,22,25). The number of hydrogen-bond acceptors (Lipinski definition) is 4. The quantitative estimate of drug-likeness (QED) is 0.910. The van der Waals surface area contributed by atoms with Crippen LogP contribution in [0.1, 0.15) is 28.5 Å². The lowest BCUT2D eigenvalue weighted by atomic mass is 10.1. The number of rotatable bonds is 5. The summed E-state index contributed by atoms with van der Waals surface area (Å²) < 4.78 is 0. The summed E-state index contributed by atoms with van der Waals surface area (Å²) in [4.78, 5) is 21.4. The van der Waals surface area contributed by atoms with E-state index in [2.05, 4.69) is 33.1 Å². The van der Waals surface area contributed by atoms with Gasteiger partial charge in [-0.2, -0.15) is 0 Å². The number of benzene rings is 1. The molecule has 132 valence electrons. The van der Waals surface area contributed by atoms with Gasteiger partial charge in [-0.25, -0.2) is 4.98 Å². The van der Waals surface area contributed by atoms with Gasteiger partial charge >= 0.3 is 0 Å². The number of carbonyl (C=O) groups is 1. The van der Waals surface area contributed by atoms with Crippen molar-refractivity contribution < 1.29 is 4.79 Å². The molecule has 2 aromatic rings. The first-order valence-corrected chi connectivity index (χ1v) is 8.93. The molecular formula is C20H26N4O. The Balaban J connectivity index is 1.55. The molecule has 0 radical (unpaired) electrons. The van der Waals surface area contributed by atoms with Crippen LogP contribution in [0.15, 0.2) is 42.6 Å². The maximum Gasteiger partial charge on any atom is 0.270 e. The second-order valence-electron chi connectivity index (χ2n) is 6.49. The fraction of sp³-hybridized carbons (Fsp3) is 0.400. The number of pyridine rings is 1. The molecule has 0 aliphatic carbocycles. The number of hydrogen-bond donors (Lipinski definition) is 1. The Kier molecular flexibility index (Phi) is 5.66. The zero-order valence-corrected chi connectivity index (χ0v) is 15.0. The van der Waals surface area contributed by atoms with Gasteiger partial charge in [0.2, 0.25) is 0 Å². The molecule has 1 aliphatic rings. The van der Waals surface area contributed by atoms with Crippen LogP contribution in [0.3, 0.4) is 0 Å². The maximum atomic E-state index is 12.3. The summed E-state index contributed by atoms with van der Waals surface area (Å²) in [6.45, 7) is 10.0. The van der Waals surface area contributed by atoms with Gasteiger partial charge in [0.05, 0.1) is 11.9 Å². The molecule has 0 spiro atoms. The molecular weight excluding hydrogens is 312 g/mol. The van der Waals surface area contributed by atoms with Crippen molar-refractivity contribution in [3.8, 4) is 0 Å². The van der Waals surface area contributed by atoms with E-state index < -0.39 is 0 Å². The number of nitrogens with zero attached hydrogens (tertiary/aromatic N) is 3. The topological polar surface area (TPSA) is 48.5 Å². The van der Waals surface area contributed by atoms with E-state index in [1.807, 2.05) is 43.5 Å². The number of piperazine rings is 1. The van der Waals surface area contributed by atoms with Crippen molar-refractivity contribution in [1.29, 1.82) is 0 Å². The Labute approximate surface area is 149 Å². The van der Waals surface area contributed by atoms with Crippen molar-refractivity contribution in [2.24, 2.45) is 0 Å². The van der Waals surface area contributed by atoms with Crippen LogP contribution in [0.2, 0.25) is 0 Å². The highest BCUT2D eigenvalue weighted by Crippen LogP contribution is 2.15. The molecule has 0 atom stereocenters. The summed E-state index contributed by atoms with van der Waals surface area (Å²) in [7, 11) is 0. The number of aromatic nitrogens is 1. The van der Waals surface area contributed by atoms with Crippen LogP contribution < -0.4 is 10.2 Å². The van der Waals surface area contributed by atoms with Gasteiger partial charge in [-0.15, -0.1) is 0 Å². The van der Waals surface area contributed by atoms with E-state index in [-0.39, 0.29) is 5.91 Å². The monoisotopic (exact) mass is 338 g/mol. The first-order valence-electron chi connectivity index (χ1n) is 8.93. The highest BCUT2D eigenvalue weighted by Gasteiger charge is 2.16. The predicted octanol–water partition coefficient (Wildman–Crippen LogP) is 2.46. The minimum Gasteiger partial charge on any atom is -0.368 e. The second kappa shape index (κ2) is 8.12. The molecule has 5 heteroatoms. The molecule has 2 heterocycles. The van der Waals surface area contributed by atoms with Crippen LogP contribution in [-0.2, 0) is 6.54 Å². The van der Waals surface area contributed by atoms with E-state index in [0.29, 0.717) is 12.2 Å². The first-order chi connectivity index (χ1) is 12.2. The number of amides is 1. The minimum absolute atomic E-state index is 0.135. The molecule has 1 N–H and O–H groups in total. The lowest BCUT2D eigenvalue weighted by Crippen LogP contribution is -2.46. The number of aryl methyl sites for hydroxylation is 1. The smallest absolute Gasteiger partial charge is 0.270 e. The van der Waals surface area contributed by atoms with Gasteiger partial charge in [0.15, 0.2) is 0 Å². The molecule has 25 heavy (non-hydrogen) atoms. The number of anilines is 1. The Bertz CT molecular complexity index is 706. The van der Waals surface area contributed by atoms with Gasteiger partial charge in [-0.05, 0) is 31.2 Å². The van der Waals surface area contributed by atoms with E-state index in [1.54, 1.807) is 0 Å². The normalized spacial score (nSPS) is 15.2. The molecule has 1 aromatic carbocycles. The molecule has 0 bridgehead atoms. The first kappa shape index (κ1) is 17.4. The molecule has 3 rings (SSSR count). The average Bonchev–Trinajstić information content (AvgIpc) is 2.66. The lowest BCUT2D eigenvalue weighted by molar-refractivity contribution is 0.0946. The van der Waals surface area contributed by atoms with Crippen LogP contribution >= 0.6 is 0 Å². The zero-order chi connectivity index (χ0) is 17.6. The Morgan fingerprint density at radius 3 is 2.60 bits per heavy atom. The van der Waals surface area contributed by atoms with Crippen molar-refractivity contribution >= 4 is 11.6 Å². The van der Waals surface area contributed by atoms with E-state index in [4.69, 9.17) is 0 Å². The third-order valence-electron chi connectivity index (χ3n) is 4.70. The summed E-state index contributed by atoms with van der Waals surface area (Å²) >= 11 is 0. The molecule has 1 aromatic heterocycles. The molecule has 0 saturated carbocycles. The predicted molar refractivity (Wildman–Crippen MR) is 101 cm³/mol. The van der Waals surface area contributed by atoms with Gasteiger partial charge in [-0.3, -0.25) is 4.79 Å². The van der Waals surface area contributed by atoms with Crippen LogP contribution in [0.5, 0.6) is 0 Å². The fourth-order valence-corrected chi connectivity index (χ4v) is 3.12. The molecule has 1 aliphatic heterocycles. The van der Waals surface area contributed by atoms with Crippen LogP contribution in [-0.4, -0.2) is 48.5 Å². The van der Waals surface area contributed by atoms with E-state index in [9.17, 15) is 4.79 Å². The van der Waals surface area contributed by atoms with Crippen molar-refractivity contribution in [3.63, 3.8) is 0 Å². The van der Waals surface area contributed by atoms with Gasteiger partial charge < -0.3 is 15.1 Å². The molecule has 1 amide bonds. The Morgan fingerprint density at radius 1 is 1.16 bits per heavy atom. The van der Waals surface area contributed by atoms with Crippen LogP contribution in [0.4, 0.5) is 5.69 Å². The SMILES string of the molecule is CCN1CCN(c2ccc(C(=O)NCc3cccc(C)c3)nc2)CC1. The van der Waals surface area contributed by atoms with Gasteiger partial charge in [0.1, 0.15) is 5.69 Å². The summed E-state index contributed by atoms with van der Waals surface area (Å²) in [5, 5.41) is 2.93. The average molecular weight is 338 g/mol. The number of nitrogens with one attached hydrogen (secondary N) is 1. The second-order valence-corrected chi connectivity index (χ2v) is 6.49. The summed E-state index contributed by atoms with van der Waals surface area (Å²) in [6.07, 6.45) is 1.81. The summed E-state index contributed by atoms with van der Waals surface area (Å²) in [5.74, 6) is -0.135. The number of carbonyl (C=O) groups excluding carboxylic acids is 1. The molecule has 0 unspecified atom stereocenters. The van der Waals surface area contributed by atoms with Crippen molar-refractivity contribution in [3.05, 3.63) is 59.4 Å². The van der Waals surface area contributed by atoms with Crippen molar-refractivity contribution in [1.82, 2.24) is 15.2 Å². The Hall–Kier alpha value is -2.40. The third kappa shape index (κ3) is 4.57. The van der Waals surface area contributed by atoms with Gasteiger partial charge in [0.25, 0.3) is 5.91 Å². The lowest BCUT2D eigenvalue weighted by Gasteiger charge is -2.35. The summed E-state index contributed by atoms with van der Waals surface area (Å²) in [5.41, 5.74) is 3.84. The van der Waals surface area contributed by atoms with E-state index in [0.717, 1.165) is 44.0 Å². The van der Waals surface area contributed by atoms with Crippen molar-refractivity contribution in [2.45, 2.75) is 20.4 Å². The van der Waals surface area contributed by atoms with Crippen molar-refractivity contribution in [2.75, 3.05) is 37.6 Å². The molecule has 1 fully saturated rings. The largest absolute Gasteiger partial charge is 0.368 e. The highest BCUT2D eigenvalue weighted by atomic mass is 16.1. The Morgan fingerprint density at radius 2 is 1.96 bits per heavy atom. The van der Waals surface area contributed by atoms with E-state index in [1.165, 1.54) is 5.56 Å². The van der Waals surface area contributed by atoms with Crippen LogP contribution in [0.25, 0.3) is 0 Å². The molecule has 5 nitrogen and oxygen atoms in total. The van der Waals surface area contributed by atoms with Crippen LogP contribution in [0, 0.1) is 6.92 Å². The van der Waals surface area contributed by atoms with Gasteiger partial charge in [0, 0.05) is 32.7 Å². The molecule has 1 saturated heterocycles. The summed E-state index contributed by atoms with van der Waals surface area (Å²) in [6, 6.07) is 11.9. The third-order valence-corrected chi connectivity index (χ3v) is 4.70. The number of likely N-dealkylation sites (N-methyl/N-ethyl adjacent to an activating group) is 1. The fourth-order valence-electron chi connectivity index (χ4n) is 3.12. The van der Waals surface area contributed by atoms with E-state index >= 15 is 0 Å². The minimum atomic E-state index is -0.135. The van der Waals surface area contributed by atoms with Gasteiger partial charge in [-0.1, -0.05) is 36.8 Å².